The van der Waals surface area contributed by atoms with Crippen LogP contribution in [0, 0.1) is 6.92 Å². The molecule has 2 aromatic carbocycles. The van der Waals surface area contributed by atoms with Gasteiger partial charge < -0.3 is 19.4 Å². The van der Waals surface area contributed by atoms with E-state index in [1.54, 1.807) is 31.3 Å². The van der Waals surface area contributed by atoms with Crippen LogP contribution in [0.25, 0.3) is 44.2 Å². The number of hydrogen-bond acceptors (Lipinski definition) is 5. The molecule has 7 heteroatoms. The van der Waals surface area contributed by atoms with E-state index in [4.69, 9.17) is 9.15 Å². The van der Waals surface area contributed by atoms with Crippen molar-refractivity contribution in [3.05, 3.63) is 52.3 Å². The smallest absolute Gasteiger partial charge is 0.185 e. The van der Waals surface area contributed by atoms with Gasteiger partial charge in [-0.25, -0.2) is 4.98 Å². The predicted octanol–water partition coefficient (Wildman–Crippen LogP) is 3.84. The number of methoxy groups -OCH3 is 1. The number of nitrogens with one attached hydrogen (secondary N) is 2. The van der Waals surface area contributed by atoms with Crippen LogP contribution in [0.5, 0.6) is 11.5 Å². The third-order valence-corrected chi connectivity index (χ3v) is 4.88. The first-order valence-corrected chi connectivity index (χ1v) is 8.37. The first-order chi connectivity index (χ1) is 13.1. The number of phenols is 1. The molecule has 0 saturated heterocycles. The maximum atomic E-state index is 12.0. The number of aromatic hydroxyl groups is 1. The Morgan fingerprint density at radius 1 is 1.15 bits per heavy atom. The number of nitrogens with zero attached hydrogens (tertiary/aromatic N) is 1. The van der Waals surface area contributed by atoms with E-state index >= 15 is 0 Å². The Kier molecular flexibility index (Phi) is 3.09. The summed E-state index contributed by atoms with van der Waals surface area (Å²) in [7, 11) is 1.50. The summed E-state index contributed by atoms with van der Waals surface area (Å²) in [6.07, 6.45) is 1.79. The summed E-state index contributed by atoms with van der Waals surface area (Å²) in [5.41, 5.74) is 4.38. The number of furan rings is 1. The van der Waals surface area contributed by atoms with Gasteiger partial charge in [0.2, 0.25) is 0 Å². The fraction of sp³-hybridized carbons (Fsp3) is 0.100. The molecule has 0 aliphatic heterocycles. The van der Waals surface area contributed by atoms with Gasteiger partial charge in [0.25, 0.3) is 0 Å². The highest BCUT2D eigenvalue weighted by molar-refractivity contribution is 6.14. The van der Waals surface area contributed by atoms with Gasteiger partial charge in [-0.05, 0) is 36.8 Å². The van der Waals surface area contributed by atoms with Crippen molar-refractivity contribution in [1.82, 2.24) is 15.2 Å². The van der Waals surface area contributed by atoms with Crippen LogP contribution >= 0.6 is 0 Å². The molecule has 3 heterocycles. The number of rotatable bonds is 2. The van der Waals surface area contributed by atoms with Gasteiger partial charge in [-0.15, -0.1) is 0 Å². The zero-order valence-electron chi connectivity index (χ0n) is 14.6. The quantitative estimate of drug-likeness (QED) is 0.443. The van der Waals surface area contributed by atoms with Crippen LogP contribution < -0.4 is 10.2 Å². The summed E-state index contributed by atoms with van der Waals surface area (Å²) in [6, 6.07) is 8.43. The Labute approximate surface area is 152 Å². The molecule has 0 radical (unpaired) electrons. The van der Waals surface area contributed by atoms with Gasteiger partial charge in [0.05, 0.1) is 7.11 Å². The van der Waals surface area contributed by atoms with Crippen molar-refractivity contribution in [3.63, 3.8) is 0 Å². The molecule has 7 nitrogen and oxygen atoms in total. The van der Waals surface area contributed by atoms with Crippen LogP contribution in [-0.2, 0) is 0 Å². The van der Waals surface area contributed by atoms with Gasteiger partial charge in [0.15, 0.2) is 28.2 Å². The molecule has 134 valence electrons. The second-order valence-corrected chi connectivity index (χ2v) is 6.39. The lowest BCUT2D eigenvalue weighted by Gasteiger charge is -2.08. The molecule has 0 bridgehead atoms. The Hall–Kier alpha value is -3.74. The molecular formula is C20H15N3O4. The first-order valence-electron chi connectivity index (χ1n) is 8.37. The number of aromatic amines is 2. The minimum Gasteiger partial charge on any atom is -0.504 e. The predicted molar refractivity (Wildman–Crippen MR) is 102 cm³/mol. The topological polar surface area (TPSA) is 104 Å². The lowest BCUT2D eigenvalue weighted by Crippen LogP contribution is -2.01. The van der Waals surface area contributed by atoms with Crippen molar-refractivity contribution in [3.8, 4) is 22.6 Å². The summed E-state index contributed by atoms with van der Waals surface area (Å²) >= 11 is 0. The Morgan fingerprint density at radius 2 is 2.00 bits per heavy atom. The average molecular weight is 361 g/mol. The highest BCUT2D eigenvalue weighted by Gasteiger charge is 2.20. The molecule has 0 atom stereocenters. The molecule has 0 spiro atoms. The minimum atomic E-state index is -0.0795. The third-order valence-electron chi connectivity index (χ3n) is 4.88. The second kappa shape index (κ2) is 5.38. The number of fused-ring (bicyclic) bond motifs is 4. The van der Waals surface area contributed by atoms with Crippen LogP contribution in [-0.4, -0.2) is 27.4 Å². The molecule has 0 saturated carbocycles. The van der Waals surface area contributed by atoms with E-state index < -0.39 is 0 Å². The minimum absolute atomic E-state index is 0.0294. The lowest BCUT2D eigenvalue weighted by atomic mass is 10.0. The molecule has 0 unspecified atom stereocenters. The molecule has 0 aliphatic rings. The van der Waals surface area contributed by atoms with Gasteiger partial charge in [0.1, 0.15) is 11.1 Å². The summed E-state index contributed by atoms with van der Waals surface area (Å²) in [6.45, 7) is 1.74. The maximum absolute atomic E-state index is 12.0. The number of ether oxygens (including phenoxy) is 1. The van der Waals surface area contributed by atoms with Crippen molar-refractivity contribution < 1.29 is 14.3 Å². The highest BCUT2D eigenvalue weighted by Crippen LogP contribution is 2.41. The molecule has 0 fully saturated rings. The van der Waals surface area contributed by atoms with Crippen LogP contribution in [0.1, 0.15) is 5.56 Å². The zero-order chi connectivity index (χ0) is 18.7. The molecule has 0 amide bonds. The van der Waals surface area contributed by atoms with Crippen molar-refractivity contribution >= 4 is 33.1 Å². The molecule has 5 aromatic rings. The zero-order valence-corrected chi connectivity index (χ0v) is 14.6. The number of benzene rings is 2. The number of phenolic OH excluding ortho intramolecular Hbond substituents is 1. The lowest BCUT2D eigenvalue weighted by molar-refractivity contribution is 0.373. The van der Waals surface area contributed by atoms with Crippen molar-refractivity contribution in [2.24, 2.45) is 0 Å². The van der Waals surface area contributed by atoms with Crippen molar-refractivity contribution in [2.75, 3.05) is 7.11 Å². The summed E-state index contributed by atoms with van der Waals surface area (Å²) in [4.78, 5) is 16.7. The fourth-order valence-corrected chi connectivity index (χ4v) is 3.50. The Balaban J connectivity index is 1.97. The van der Waals surface area contributed by atoms with E-state index in [1.165, 1.54) is 13.2 Å². The van der Waals surface area contributed by atoms with E-state index in [9.17, 15) is 9.90 Å². The van der Waals surface area contributed by atoms with Gasteiger partial charge in [-0.3, -0.25) is 9.89 Å². The molecule has 3 N–H and O–H groups in total. The average Bonchev–Trinajstić information content (AvgIpc) is 3.27. The monoisotopic (exact) mass is 361 g/mol. The maximum Gasteiger partial charge on any atom is 0.185 e. The SMILES string of the molecule is COc1ccc(-c2c3c[nH][nH]c3nc3c2oc2c(C)c(=O)ccc23)cc1O. The van der Waals surface area contributed by atoms with E-state index in [0.29, 0.717) is 33.6 Å². The summed E-state index contributed by atoms with van der Waals surface area (Å²) in [5, 5.41) is 17.8. The Morgan fingerprint density at radius 3 is 2.78 bits per heavy atom. The molecule has 0 aliphatic carbocycles. The van der Waals surface area contributed by atoms with Gasteiger partial charge in [-0.2, -0.15) is 0 Å². The van der Waals surface area contributed by atoms with Crippen LogP contribution in [0.3, 0.4) is 0 Å². The normalized spacial score (nSPS) is 11.6. The van der Waals surface area contributed by atoms with Crippen LogP contribution in [0.15, 0.2) is 45.7 Å². The number of aryl methyl sites for hydroxylation is 1. The van der Waals surface area contributed by atoms with E-state index in [2.05, 4.69) is 15.2 Å². The highest BCUT2D eigenvalue weighted by atomic mass is 16.5. The van der Waals surface area contributed by atoms with E-state index in [0.717, 1.165) is 21.9 Å². The molecule has 5 rings (SSSR count). The molecule has 3 aromatic heterocycles. The standard InChI is InChI=1S/C20H15N3O4/c1-9-13(24)5-4-11-17-19(27-18(9)11)16(12-8-21-23-20(12)22-17)10-3-6-15(26-2)14(25)7-10/h3-8,25H,1-2H3,(H2,21,22,23). The largest absolute Gasteiger partial charge is 0.504 e. The second-order valence-electron chi connectivity index (χ2n) is 6.39. The van der Waals surface area contributed by atoms with Gasteiger partial charge in [0, 0.05) is 28.1 Å². The Bertz CT molecular complexity index is 1410. The molecular weight excluding hydrogens is 346 g/mol. The summed E-state index contributed by atoms with van der Waals surface area (Å²) < 4.78 is 11.3. The number of pyridine rings is 1. The van der Waals surface area contributed by atoms with Crippen molar-refractivity contribution in [2.45, 2.75) is 6.92 Å². The van der Waals surface area contributed by atoms with Crippen molar-refractivity contribution in [1.29, 1.82) is 0 Å². The van der Waals surface area contributed by atoms with Gasteiger partial charge in [-0.1, -0.05) is 6.07 Å². The van der Waals surface area contributed by atoms with E-state index in [-0.39, 0.29) is 11.2 Å². The molecule has 27 heavy (non-hydrogen) atoms. The number of hydrogen-bond donors (Lipinski definition) is 3. The first kappa shape index (κ1) is 15.5. The third kappa shape index (κ3) is 2.08. The fourth-order valence-electron chi connectivity index (χ4n) is 3.50. The van der Waals surface area contributed by atoms with Crippen LogP contribution in [0.4, 0.5) is 0 Å². The summed E-state index contributed by atoms with van der Waals surface area (Å²) in [5.74, 6) is 0.416. The number of H-pyrrole nitrogens is 2. The van der Waals surface area contributed by atoms with E-state index in [1.807, 2.05) is 6.07 Å². The van der Waals surface area contributed by atoms with Gasteiger partial charge >= 0.3 is 0 Å². The van der Waals surface area contributed by atoms with Crippen LogP contribution in [0.2, 0.25) is 0 Å². The number of aromatic nitrogens is 3.